The summed E-state index contributed by atoms with van der Waals surface area (Å²) in [5, 5.41) is 3.33. The number of hydrogen-bond donors (Lipinski definition) is 3. The van der Waals surface area contributed by atoms with E-state index in [9.17, 15) is 9.59 Å². The van der Waals surface area contributed by atoms with Crippen molar-refractivity contribution >= 4 is 17.8 Å². The summed E-state index contributed by atoms with van der Waals surface area (Å²) in [6, 6.07) is 7.46. The van der Waals surface area contributed by atoms with E-state index < -0.39 is 5.91 Å². The molecule has 8 nitrogen and oxygen atoms in total. The van der Waals surface area contributed by atoms with E-state index in [1.165, 1.54) is 0 Å². The largest absolute Gasteiger partial charge is 0.484 e. The Hall–Kier alpha value is -2.77. The van der Waals surface area contributed by atoms with Crippen molar-refractivity contribution in [2.45, 2.75) is 25.8 Å². The van der Waals surface area contributed by atoms with E-state index in [0.29, 0.717) is 18.7 Å². The highest BCUT2D eigenvalue weighted by molar-refractivity contribution is 5.80. The summed E-state index contributed by atoms with van der Waals surface area (Å²) in [5.41, 5.74) is 11.4. The SMILES string of the molecule is CN=C(NCc1cccc(OCC(N)=O)c1)N1CCCC(CC(N)=O)C1. The summed E-state index contributed by atoms with van der Waals surface area (Å²) < 4.78 is 5.32. The van der Waals surface area contributed by atoms with Crippen molar-refractivity contribution in [2.75, 3.05) is 26.7 Å². The normalized spacial score (nSPS) is 17.7. The second-order valence-electron chi connectivity index (χ2n) is 6.43. The smallest absolute Gasteiger partial charge is 0.255 e. The number of nitrogens with two attached hydrogens (primary N) is 2. The molecule has 5 N–H and O–H groups in total. The predicted octanol–water partition coefficient (Wildman–Crippen LogP) is 0.214. The Bertz CT molecular complexity index is 662. The zero-order valence-electron chi connectivity index (χ0n) is 15.1. The number of carbonyl (C=O) groups is 2. The molecule has 8 heteroatoms. The zero-order valence-corrected chi connectivity index (χ0v) is 15.1. The molecule has 2 amide bonds. The zero-order chi connectivity index (χ0) is 18.9. The van der Waals surface area contributed by atoms with Crippen molar-refractivity contribution in [3.8, 4) is 5.75 Å². The Morgan fingerprint density at radius 2 is 2.15 bits per heavy atom. The molecule has 0 radical (unpaired) electrons. The molecule has 0 spiro atoms. The molecule has 1 aromatic carbocycles. The van der Waals surface area contributed by atoms with Gasteiger partial charge >= 0.3 is 0 Å². The average Bonchev–Trinajstić information content (AvgIpc) is 2.61. The van der Waals surface area contributed by atoms with E-state index >= 15 is 0 Å². The van der Waals surface area contributed by atoms with Gasteiger partial charge in [0.25, 0.3) is 5.91 Å². The van der Waals surface area contributed by atoms with Crippen molar-refractivity contribution in [3.05, 3.63) is 29.8 Å². The van der Waals surface area contributed by atoms with E-state index in [1.54, 1.807) is 13.1 Å². The molecule has 26 heavy (non-hydrogen) atoms. The van der Waals surface area contributed by atoms with Crippen LogP contribution in [0.3, 0.4) is 0 Å². The first-order valence-corrected chi connectivity index (χ1v) is 8.72. The highest BCUT2D eigenvalue weighted by atomic mass is 16.5. The fraction of sp³-hybridized carbons (Fsp3) is 0.500. The van der Waals surface area contributed by atoms with E-state index in [-0.39, 0.29) is 18.4 Å². The van der Waals surface area contributed by atoms with Crippen LogP contribution < -0.4 is 21.5 Å². The van der Waals surface area contributed by atoms with Crippen LogP contribution in [0.5, 0.6) is 5.75 Å². The molecule has 1 atom stereocenters. The lowest BCUT2D eigenvalue weighted by Gasteiger charge is -2.34. The quantitative estimate of drug-likeness (QED) is 0.473. The van der Waals surface area contributed by atoms with Crippen LogP contribution in [-0.2, 0) is 16.1 Å². The number of likely N-dealkylation sites (tertiary alicyclic amines) is 1. The van der Waals surface area contributed by atoms with Crippen LogP contribution in [0.2, 0.25) is 0 Å². The number of nitrogens with one attached hydrogen (secondary N) is 1. The van der Waals surface area contributed by atoms with Crippen LogP contribution in [0, 0.1) is 5.92 Å². The number of primary amides is 2. The minimum Gasteiger partial charge on any atom is -0.484 e. The maximum absolute atomic E-state index is 11.2. The predicted molar refractivity (Wildman–Crippen MR) is 99.4 cm³/mol. The lowest BCUT2D eigenvalue weighted by atomic mass is 9.95. The molecular formula is C18H27N5O3. The van der Waals surface area contributed by atoms with Crippen LogP contribution >= 0.6 is 0 Å². The number of hydrogen-bond acceptors (Lipinski definition) is 4. The second kappa shape index (κ2) is 9.65. The van der Waals surface area contributed by atoms with Gasteiger partial charge in [-0.2, -0.15) is 0 Å². The molecule has 1 saturated heterocycles. The second-order valence-corrected chi connectivity index (χ2v) is 6.43. The van der Waals surface area contributed by atoms with Crippen LogP contribution in [0.1, 0.15) is 24.8 Å². The first-order valence-electron chi connectivity index (χ1n) is 8.72. The molecule has 2 rings (SSSR count). The topological polar surface area (TPSA) is 123 Å². The number of guanidine groups is 1. The summed E-state index contributed by atoms with van der Waals surface area (Å²) in [5.74, 6) is 0.891. The Morgan fingerprint density at radius 3 is 2.85 bits per heavy atom. The van der Waals surface area contributed by atoms with E-state index in [2.05, 4.69) is 15.2 Å². The van der Waals surface area contributed by atoms with Gasteiger partial charge < -0.3 is 26.4 Å². The van der Waals surface area contributed by atoms with E-state index in [0.717, 1.165) is 37.5 Å². The number of nitrogens with zero attached hydrogens (tertiary/aromatic N) is 2. The summed E-state index contributed by atoms with van der Waals surface area (Å²) in [6.45, 7) is 2.09. The molecule has 1 unspecified atom stereocenters. The van der Waals surface area contributed by atoms with Crippen molar-refractivity contribution < 1.29 is 14.3 Å². The van der Waals surface area contributed by atoms with Gasteiger partial charge in [0.05, 0.1) is 0 Å². The van der Waals surface area contributed by atoms with Gasteiger partial charge in [-0.05, 0) is 36.5 Å². The number of ether oxygens (including phenoxy) is 1. The van der Waals surface area contributed by atoms with E-state index in [1.807, 2.05) is 18.2 Å². The minimum atomic E-state index is -0.510. The molecule has 0 aliphatic carbocycles. The molecule has 0 saturated carbocycles. The van der Waals surface area contributed by atoms with Gasteiger partial charge in [-0.25, -0.2) is 0 Å². The molecule has 1 aliphatic heterocycles. The number of piperidine rings is 1. The summed E-state index contributed by atoms with van der Waals surface area (Å²) in [4.78, 5) is 28.5. The van der Waals surface area contributed by atoms with Crippen LogP contribution in [-0.4, -0.2) is 49.4 Å². The van der Waals surface area contributed by atoms with Gasteiger partial charge in [-0.1, -0.05) is 12.1 Å². The van der Waals surface area contributed by atoms with Crippen molar-refractivity contribution in [1.82, 2.24) is 10.2 Å². The molecule has 142 valence electrons. The summed E-state index contributed by atoms with van der Waals surface area (Å²) in [7, 11) is 1.74. The molecule has 1 fully saturated rings. The standard InChI is InChI=1S/C18H27N5O3/c1-21-18(23-7-3-5-14(11-23)9-16(19)24)22-10-13-4-2-6-15(8-13)26-12-17(20)25/h2,4,6,8,14H,3,5,7,9-12H2,1H3,(H2,19,24)(H2,20,25)(H,21,22). The number of benzene rings is 1. The number of carbonyl (C=O) groups excluding carboxylic acids is 2. The monoisotopic (exact) mass is 361 g/mol. The number of rotatable bonds is 7. The Balaban J connectivity index is 1.91. The average molecular weight is 361 g/mol. The Labute approximate surface area is 153 Å². The maximum atomic E-state index is 11.2. The first kappa shape index (κ1) is 19.6. The third-order valence-electron chi connectivity index (χ3n) is 4.25. The number of aliphatic imine (C=N–C) groups is 1. The van der Waals surface area contributed by atoms with Crippen molar-refractivity contribution in [3.63, 3.8) is 0 Å². The van der Waals surface area contributed by atoms with Crippen LogP contribution in [0.25, 0.3) is 0 Å². The van der Waals surface area contributed by atoms with Crippen molar-refractivity contribution in [1.29, 1.82) is 0 Å². The van der Waals surface area contributed by atoms with Gasteiger partial charge in [0.1, 0.15) is 5.75 Å². The number of amides is 2. The summed E-state index contributed by atoms with van der Waals surface area (Å²) in [6.07, 6.45) is 2.43. The highest BCUT2D eigenvalue weighted by Gasteiger charge is 2.23. The van der Waals surface area contributed by atoms with Gasteiger partial charge in [0.2, 0.25) is 5.91 Å². The van der Waals surface area contributed by atoms with Gasteiger partial charge in [-0.15, -0.1) is 0 Å². The van der Waals surface area contributed by atoms with Crippen LogP contribution in [0.4, 0.5) is 0 Å². The van der Waals surface area contributed by atoms with Crippen molar-refractivity contribution in [2.24, 2.45) is 22.4 Å². The Morgan fingerprint density at radius 1 is 1.35 bits per heavy atom. The molecule has 1 aromatic rings. The minimum absolute atomic E-state index is 0.145. The molecule has 0 bridgehead atoms. The maximum Gasteiger partial charge on any atom is 0.255 e. The Kier molecular flexibility index (Phi) is 7.25. The fourth-order valence-electron chi connectivity index (χ4n) is 3.12. The van der Waals surface area contributed by atoms with E-state index in [4.69, 9.17) is 16.2 Å². The van der Waals surface area contributed by atoms with Crippen LogP contribution in [0.15, 0.2) is 29.3 Å². The third-order valence-corrected chi connectivity index (χ3v) is 4.25. The fourth-order valence-corrected chi connectivity index (χ4v) is 3.12. The van der Waals surface area contributed by atoms with Gasteiger partial charge in [-0.3, -0.25) is 14.6 Å². The van der Waals surface area contributed by atoms with Gasteiger partial charge in [0.15, 0.2) is 12.6 Å². The molecular weight excluding hydrogens is 334 g/mol. The summed E-state index contributed by atoms with van der Waals surface area (Å²) >= 11 is 0. The molecule has 0 aromatic heterocycles. The molecule has 1 aliphatic rings. The lowest BCUT2D eigenvalue weighted by Crippen LogP contribution is -2.46. The lowest BCUT2D eigenvalue weighted by molar-refractivity contribution is -0.120. The third kappa shape index (κ3) is 6.27. The van der Waals surface area contributed by atoms with Gasteiger partial charge in [0, 0.05) is 33.1 Å². The first-order chi connectivity index (χ1) is 12.5. The highest BCUT2D eigenvalue weighted by Crippen LogP contribution is 2.19. The molecule has 1 heterocycles.